The lowest BCUT2D eigenvalue weighted by atomic mass is 10.0. The van der Waals surface area contributed by atoms with Crippen molar-refractivity contribution in [3.8, 4) is 0 Å². The van der Waals surface area contributed by atoms with Gasteiger partial charge in [0.05, 0.1) is 4.92 Å². The molecule has 0 bridgehead atoms. The first-order chi connectivity index (χ1) is 7.35. The molecule has 0 unspecified atom stereocenters. The number of benzene rings is 1. The van der Waals surface area contributed by atoms with Gasteiger partial charge < -0.3 is 5.73 Å². The first-order valence-electron chi connectivity index (χ1n) is 5.36. The van der Waals surface area contributed by atoms with Crippen LogP contribution in [-0.4, -0.2) is 11.0 Å². The van der Waals surface area contributed by atoms with Crippen molar-refractivity contribution < 1.29 is 4.92 Å². The summed E-state index contributed by atoms with van der Waals surface area (Å²) in [5.74, 6) is 0.326. The monoisotopic (exact) mass is 220 g/mol. The van der Waals surface area contributed by atoms with Crippen LogP contribution in [0.3, 0.4) is 0 Å². The van der Waals surface area contributed by atoms with Crippen LogP contribution in [-0.2, 0) is 0 Å². The Morgan fingerprint density at radius 2 is 2.00 bits per heavy atom. The van der Waals surface area contributed by atoms with E-state index in [4.69, 9.17) is 5.73 Å². The van der Waals surface area contributed by atoms with Crippen molar-refractivity contribution in [2.24, 2.45) is 11.1 Å². The van der Waals surface area contributed by atoms with Gasteiger partial charge >= 0.3 is 0 Å². The van der Waals surface area contributed by atoms with Gasteiger partial charge in [0.15, 0.2) is 0 Å². The lowest BCUT2D eigenvalue weighted by Gasteiger charge is -2.04. The van der Waals surface area contributed by atoms with Crippen LogP contribution >= 0.6 is 0 Å². The fourth-order valence-electron chi connectivity index (χ4n) is 2.39. The highest BCUT2D eigenvalue weighted by Crippen LogP contribution is 2.57. The van der Waals surface area contributed by atoms with Crippen molar-refractivity contribution in [1.29, 1.82) is 0 Å². The summed E-state index contributed by atoms with van der Waals surface area (Å²) in [7, 11) is 0. The van der Waals surface area contributed by atoms with Gasteiger partial charge in [-0.3, -0.25) is 10.1 Å². The maximum absolute atomic E-state index is 10.7. The van der Waals surface area contributed by atoms with E-state index in [0.29, 0.717) is 11.5 Å². The van der Waals surface area contributed by atoms with Crippen LogP contribution in [0, 0.1) is 22.5 Å². The second kappa shape index (κ2) is 3.28. The fourth-order valence-corrected chi connectivity index (χ4v) is 2.39. The summed E-state index contributed by atoms with van der Waals surface area (Å²) in [5.41, 5.74) is 8.10. The molecule has 1 saturated carbocycles. The van der Waals surface area contributed by atoms with Gasteiger partial charge in [-0.15, -0.1) is 0 Å². The van der Waals surface area contributed by atoms with Crippen molar-refractivity contribution in [2.75, 3.05) is 0 Å². The van der Waals surface area contributed by atoms with Gasteiger partial charge in [-0.05, 0) is 24.0 Å². The lowest BCUT2D eigenvalue weighted by molar-refractivity contribution is -0.385. The maximum Gasteiger partial charge on any atom is 0.272 e. The van der Waals surface area contributed by atoms with E-state index >= 15 is 0 Å². The Morgan fingerprint density at radius 3 is 2.38 bits per heavy atom. The molecule has 4 heteroatoms. The molecular formula is C12H16N2O2. The number of rotatable bonds is 2. The summed E-state index contributed by atoms with van der Waals surface area (Å²) >= 11 is 0. The van der Waals surface area contributed by atoms with Gasteiger partial charge in [0.1, 0.15) is 0 Å². The highest BCUT2D eigenvalue weighted by Gasteiger charge is 2.56. The molecule has 1 aromatic carbocycles. The molecule has 0 heterocycles. The Hall–Kier alpha value is -1.42. The molecule has 0 spiro atoms. The van der Waals surface area contributed by atoms with Gasteiger partial charge in [-0.1, -0.05) is 19.9 Å². The highest BCUT2D eigenvalue weighted by atomic mass is 16.6. The van der Waals surface area contributed by atoms with Gasteiger partial charge in [0, 0.05) is 23.6 Å². The number of hydrogen-bond acceptors (Lipinski definition) is 3. The first kappa shape index (κ1) is 11.1. The molecule has 4 nitrogen and oxygen atoms in total. The van der Waals surface area contributed by atoms with Gasteiger partial charge in [-0.2, -0.15) is 0 Å². The molecule has 0 amide bonds. The maximum atomic E-state index is 10.7. The van der Waals surface area contributed by atoms with Crippen LogP contribution in [0.15, 0.2) is 18.2 Å². The third-order valence-electron chi connectivity index (χ3n) is 3.69. The van der Waals surface area contributed by atoms with Crippen LogP contribution < -0.4 is 5.73 Å². The van der Waals surface area contributed by atoms with E-state index < -0.39 is 0 Å². The third-order valence-corrected chi connectivity index (χ3v) is 3.69. The first-order valence-corrected chi connectivity index (χ1v) is 5.36. The number of nitrogens with zero attached hydrogens (tertiary/aromatic N) is 1. The van der Waals surface area contributed by atoms with E-state index in [1.54, 1.807) is 13.0 Å². The summed E-state index contributed by atoms with van der Waals surface area (Å²) in [6.07, 6.45) is 0. The second-order valence-electron chi connectivity index (χ2n) is 5.13. The van der Waals surface area contributed by atoms with Crippen molar-refractivity contribution in [1.82, 2.24) is 0 Å². The number of nitro benzene ring substituents is 1. The Balaban J connectivity index is 2.33. The molecule has 2 atom stereocenters. The molecule has 1 aromatic rings. The van der Waals surface area contributed by atoms with Crippen LogP contribution in [0.25, 0.3) is 0 Å². The Morgan fingerprint density at radius 1 is 1.44 bits per heavy atom. The third kappa shape index (κ3) is 1.50. The number of nitrogens with two attached hydrogens (primary N) is 1. The summed E-state index contributed by atoms with van der Waals surface area (Å²) in [6.45, 7) is 6.01. The normalized spacial score (nSPS) is 26.5. The Kier molecular flexibility index (Phi) is 2.27. The summed E-state index contributed by atoms with van der Waals surface area (Å²) in [4.78, 5) is 10.3. The van der Waals surface area contributed by atoms with Crippen molar-refractivity contribution in [3.05, 3.63) is 39.4 Å². The average molecular weight is 220 g/mol. The van der Waals surface area contributed by atoms with Crippen molar-refractivity contribution in [2.45, 2.75) is 32.7 Å². The largest absolute Gasteiger partial charge is 0.327 e. The summed E-state index contributed by atoms with van der Waals surface area (Å²) < 4.78 is 0. The molecule has 2 rings (SSSR count). The quantitative estimate of drug-likeness (QED) is 0.614. The molecule has 86 valence electrons. The minimum absolute atomic E-state index is 0.114. The Bertz CT molecular complexity index is 454. The zero-order valence-electron chi connectivity index (χ0n) is 9.73. The van der Waals surface area contributed by atoms with E-state index in [-0.39, 0.29) is 22.1 Å². The van der Waals surface area contributed by atoms with Crippen LogP contribution in [0.1, 0.15) is 30.9 Å². The molecule has 1 aliphatic carbocycles. The minimum atomic E-state index is -0.350. The SMILES string of the molecule is Cc1cc([C@@H]2[C@@H](N)C2(C)C)ccc1[N+](=O)[O-]. The molecular weight excluding hydrogens is 204 g/mol. The molecule has 0 radical (unpaired) electrons. The topological polar surface area (TPSA) is 69.2 Å². The number of nitro groups is 1. The predicted molar refractivity (Wildman–Crippen MR) is 62.3 cm³/mol. The average Bonchev–Trinajstić information content (AvgIpc) is 2.65. The van der Waals surface area contributed by atoms with Crippen LogP contribution in [0.4, 0.5) is 5.69 Å². The van der Waals surface area contributed by atoms with E-state index in [1.807, 2.05) is 12.1 Å². The van der Waals surface area contributed by atoms with E-state index in [9.17, 15) is 10.1 Å². The van der Waals surface area contributed by atoms with E-state index in [0.717, 1.165) is 5.56 Å². The van der Waals surface area contributed by atoms with E-state index in [2.05, 4.69) is 13.8 Å². The van der Waals surface area contributed by atoms with Gasteiger partial charge in [-0.25, -0.2) is 0 Å². The highest BCUT2D eigenvalue weighted by molar-refractivity contribution is 5.46. The lowest BCUT2D eigenvalue weighted by Crippen LogP contribution is -2.06. The van der Waals surface area contributed by atoms with Crippen LogP contribution in [0.5, 0.6) is 0 Å². The second-order valence-corrected chi connectivity index (χ2v) is 5.13. The zero-order valence-corrected chi connectivity index (χ0v) is 9.73. The molecule has 0 aromatic heterocycles. The van der Waals surface area contributed by atoms with Gasteiger partial charge in [0.25, 0.3) is 5.69 Å². The summed E-state index contributed by atoms with van der Waals surface area (Å²) in [5, 5.41) is 10.7. The van der Waals surface area contributed by atoms with Crippen molar-refractivity contribution in [3.63, 3.8) is 0 Å². The van der Waals surface area contributed by atoms with E-state index in [1.165, 1.54) is 0 Å². The Labute approximate surface area is 94.6 Å². The zero-order chi connectivity index (χ0) is 12.1. The summed E-state index contributed by atoms with van der Waals surface area (Å²) in [6, 6.07) is 5.45. The molecule has 1 fully saturated rings. The molecule has 16 heavy (non-hydrogen) atoms. The predicted octanol–water partition coefficient (Wildman–Crippen LogP) is 2.35. The smallest absolute Gasteiger partial charge is 0.272 e. The minimum Gasteiger partial charge on any atom is -0.327 e. The number of hydrogen-bond donors (Lipinski definition) is 1. The van der Waals surface area contributed by atoms with Crippen LogP contribution in [0.2, 0.25) is 0 Å². The fraction of sp³-hybridized carbons (Fsp3) is 0.500. The van der Waals surface area contributed by atoms with Crippen molar-refractivity contribution >= 4 is 5.69 Å². The molecule has 0 aliphatic heterocycles. The van der Waals surface area contributed by atoms with Gasteiger partial charge in [0.2, 0.25) is 0 Å². The molecule has 1 aliphatic rings. The standard InChI is InChI=1S/C12H16N2O2/c1-7-6-8(4-5-9(7)14(15)16)10-11(13)12(10,2)3/h4-6,10-11H,13H2,1-3H3/t10-,11-/m1/s1. The molecule has 2 N–H and O–H groups in total. The molecule has 0 saturated heterocycles. The number of aryl methyl sites for hydroxylation is 1.